The van der Waals surface area contributed by atoms with Crippen LogP contribution in [0.5, 0.6) is 0 Å². The number of piperidine rings is 1. The molecular weight excluding hydrogens is 324 g/mol. The second kappa shape index (κ2) is 6.33. The number of hydrogen-bond donors (Lipinski definition) is 1. The Labute approximate surface area is 143 Å². The van der Waals surface area contributed by atoms with Crippen LogP contribution in [0.2, 0.25) is 0 Å². The molecule has 0 bridgehead atoms. The molecule has 0 radical (unpaired) electrons. The maximum absolute atomic E-state index is 13.0. The number of nitrogens with one attached hydrogen (secondary N) is 1. The molecule has 130 valence electrons. The largest absolute Gasteiger partial charge is 0.355 e. The van der Waals surface area contributed by atoms with Crippen molar-refractivity contribution < 1.29 is 13.2 Å². The van der Waals surface area contributed by atoms with Crippen LogP contribution in [0.15, 0.2) is 28.7 Å². The summed E-state index contributed by atoms with van der Waals surface area (Å²) < 4.78 is 27.6. The highest BCUT2D eigenvalue weighted by Crippen LogP contribution is 2.31. The number of benzene rings is 1. The van der Waals surface area contributed by atoms with Gasteiger partial charge in [-0.2, -0.15) is 4.31 Å². The second-order valence-electron chi connectivity index (χ2n) is 7.05. The number of likely N-dealkylation sites (N-methyl/N-ethyl adjacent to an activating group) is 1. The van der Waals surface area contributed by atoms with Crippen LogP contribution in [-0.2, 0) is 21.2 Å². The van der Waals surface area contributed by atoms with Gasteiger partial charge in [0.25, 0.3) is 0 Å². The Morgan fingerprint density at radius 3 is 2.50 bits per heavy atom. The van der Waals surface area contributed by atoms with Crippen LogP contribution in [0.1, 0.15) is 31.4 Å². The Morgan fingerprint density at radius 1 is 1.21 bits per heavy atom. The van der Waals surface area contributed by atoms with Gasteiger partial charge in [-0.25, -0.2) is 8.42 Å². The molecule has 6 heteroatoms. The number of amides is 1. The first-order valence-corrected chi connectivity index (χ1v) is 9.81. The second-order valence-corrected chi connectivity index (χ2v) is 8.99. The zero-order chi connectivity index (χ0) is 17.5. The van der Waals surface area contributed by atoms with Crippen molar-refractivity contribution in [3.8, 4) is 0 Å². The van der Waals surface area contributed by atoms with Crippen molar-refractivity contribution in [1.82, 2.24) is 9.62 Å². The van der Waals surface area contributed by atoms with Crippen molar-refractivity contribution >= 4 is 22.0 Å². The van der Waals surface area contributed by atoms with Crippen molar-refractivity contribution in [2.45, 2.75) is 31.6 Å². The average Bonchev–Trinajstić information content (AvgIpc) is 2.96. The molecule has 2 unspecified atom stereocenters. The summed E-state index contributed by atoms with van der Waals surface area (Å²) in [4.78, 5) is 12.1. The van der Waals surface area contributed by atoms with Gasteiger partial charge in [-0.3, -0.25) is 4.79 Å². The van der Waals surface area contributed by atoms with Crippen molar-refractivity contribution in [1.29, 1.82) is 0 Å². The summed E-state index contributed by atoms with van der Waals surface area (Å²) in [6, 6.07) is 5.19. The molecule has 2 aliphatic rings. The normalized spacial score (nSPS) is 24.4. The Balaban J connectivity index is 1.91. The third-order valence-corrected chi connectivity index (χ3v) is 6.65. The van der Waals surface area contributed by atoms with Crippen LogP contribution < -0.4 is 5.32 Å². The summed E-state index contributed by atoms with van der Waals surface area (Å²) >= 11 is 0. The predicted molar refractivity (Wildman–Crippen MR) is 93.9 cm³/mol. The zero-order valence-corrected chi connectivity index (χ0v) is 15.2. The lowest BCUT2D eigenvalue weighted by molar-refractivity contribution is -0.117. The van der Waals surface area contributed by atoms with Gasteiger partial charge in [-0.05, 0) is 47.6 Å². The Morgan fingerprint density at radius 2 is 1.88 bits per heavy atom. The highest BCUT2D eigenvalue weighted by molar-refractivity contribution is 7.89. The van der Waals surface area contributed by atoms with E-state index in [4.69, 9.17) is 0 Å². The summed E-state index contributed by atoms with van der Waals surface area (Å²) in [5, 5.41) is 2.61. The standard InChI is InChI=1S/C18H24N2O3S/c1-12-6-13(2)11-20(10-12)24(22,23)17-5-4-14-7-16(18(21)19-3)8-15(14)9-17/h4-5,8-9,12-13H,6-7,10-11H2,1-3H3,(H,19,21). The molecule has 0 aromatic heterocycles. The number of fused-ring (bicyclic) bond motifs is 1. The molecule has 2 atom stereocenters. The van der Waals surface area contributed by atoms with Gasteiger partial charge in [0.1, 0.15) is 0 Å². The first-order valence-electron chi connectivity index (χ1n) is 8.37. The molecule has 1 saturated heterocycles. The van der Waals surface area contributed by atoms with Crippen molar-refractivity contribution in [3.63, 3.8) is 0 Å². The summed E-state index contributed by atoms with van der Waals surface area (Å²) in [6.07, 6.45) is 3.40. The van der Waals surface area contributed by atoms with Crippen molar-refractivity contribution in [3.05, 3.63) is 34.9 Å². The highest BCUT2D eigenvalue weighted by atomic mass is 32.2. The van der Waals surface area contributed by atoms with Gasteiger partial charge in [-0.1, -0.05) is 19.9 Å². The minimum atomic E-state index is -3.49. The van der Waals surface area contributed by atoms with Gasteiger partial charge >= 0.3 is 0 Å². The van der Waals surface area contributed by atoms with E-state index in [1.54, 1.807) is 29.6 Å². The first kappa shape index (κ1) is 17.2. The Hall–Kier alpha value is -1.66. The van der Waals surface area contributed by atoms with Crippen molar-refractivity contribution in [2.24, 2.45) is 11.8 Å². The fourth-order valence-electron chi connectivity index (χ4n) is 3.73. The molecule has 0 spiro atoms. The molecule has 3 rings (SSSR count). The lowest BCUT2D eigenvalue weighted by atomic mass is 9.94. The van der Waals surface area contributed by atoms with Crippen LogP contribution >= 0.6 is 0 Å². The predicted octanol–water partition coefficient (Wildman–Crippen LogP) is 2.04. The average molecular weight is 348 g/mol. The number of sulfonamides is 1. The van der Waals surface area contributed by atoms with E-state index in [2.05, 4.69) is 19.2 Å². The number of carbonyl (C=O) groups is 1. The first-order chi connectivity index (χ1) is 11.3. The third kappa shape index (κ3) is 3.13. The molecule has 24 heavy (non-hydrogen) atoms. The van der Waals surface area contributed by atoms with Crippen LogP contribution in [-0.4, -0.2) is 38.8 Å². The Kier molecular flexibility index (Phi) is 4.53. The van der Waals surface area contributed by atoms with E-state index in [1.807, 2.05) is 6.07 Å². The number of nitrogens with zero attached hydrogens (tertiary/aromatic N) is 1. The van der Waals surface area contributed by atoms with E-state index in [1.165, 1.54) is 0 Å². The lowest BCUT2D eigenvalue weighted by Gasteiger charge is -2.34. The quantitative estimate of drug-likeness (QED) is 0.909. The van der Waals surface area contributed by atoms with Gasteiger partial charge in [0.05, 0.1) is 4.90 Å². The molecule has 1 aliphatic heterocycles. The minimum absolute atomic E-state index is 0.116. The van der Waals surface area contributed by atoms with Crippen LogP contribution in [0.3, 0.4) is 0 Å². The maximum atomic E-state index is 13.0. The number of hydrogen-bond acceptors (Lipinski definition) is 3. The minimum Gasteiger partial charge on any atom is -0.355 e. The molecule has 1 aromatic carbocycles. The topological polar surface area (TPSA) is 66.5 Å². The fourth-order valence-corrected chi connectivity index (χ4v) is 5.45. The molecule has 0 saturated carbocycles. The van der Waals surface area contributed by atoms with Gasteiger partial charge in [0.15, 0.2) is 0 Å². The summed E-state index contributed by atoms with van der Waals surface area (Å²) in [5.74, 6) is 0.629. The van der Waals surface area contributed by atoms with E-state index in [0.29, 0.717) is 41.8 Å². The van der Waals surface area contributed by atoms with Crippen LogP contribution in [0.4, 0.5) is 0 Å². The van der Waals surface area contributed by atoms with Crippen LogP contribution in [0, 0.1) is 11.8 Å². The van der Waals surface area contributed by atoms with Crippen molar-refractivity contribution in [2.75, 3.05) is 20.1 Å². The third-order valence-electron chi connectivity index (χ3n) is 4.82. The highest BCUT2D eigenvalue weighted by Gasteiger charge is 2.32. The van der Waals surface area contributed by atoms with E-state index >= 15 is 0 Å². The molecule has 1 aliphatic carbocycles. The van der Waals surface area contributed by atoms with E-state index in [0.717, 1.165) is 17.5 Å². The summed E-state index contributed by atoms with van der Waals surface area (Å²) in [7, 11) is -1.89. The SMILES string of the molecule is CNC(=O)C1=Cc2cc(S(=O)(=O)N3CC(C)CC(C)C3)ccc2C1. The maximum Gasteiger partial charge on any atom is 0.247 e. The van der Waals surface area contributed by atoms with E-state index < -0.39 is 10.0 Å². The molecule has 1 fully saturated rings. The van der Waals surface area contributed by atoms with Gasteiger partial charge in [0, 0.05) is 32.1 Å². The molecule has 1 amide bonds. The Bertz CT molecular complexity index is 788. The molecule has 1 aromatic rings. The number of carbonyl (C=O) groups excluding carboxylic acids is 1. The molecule has 1 heterocycles. The molecule has 5 nitrogen and oxygen atoms in total. The lowest BCUT2D eigenvalue weighted by Crippen LogP contribution is -2.42. The fraction of sp³-hybridized carbons (Fsp3) is 0.500. The van der Waals surface area contributed by atoms with Crippen LogP contribution in [0.25, 0.3) is 6.08 Å². The summed E-state index contributed by atoms with van der Waals surface area (Å²) in [6.45, 7) is 5.34. The summed E-state index contributed by atoms with van der Waals surface area (Å²) in [5.41, 5.74) is 2.49. The smallest absolute Gasteiger partial charge is 0.247 e. The molecular formula is C18H24N2O3S. The number of rotatable bonds is 3. The van der Waals surface area contributed by atoms with Gasteiger partial charge < -0.3 is 5.32 Å². The molecule has 1 N–H and O–H groups in total. The van der Waals surface area contributed by atoms with Gasteiger partial charge in [0.2, 0.25) is 15.9 Å². The van der Waals surface area contributed by atoms with Gasteiger partial charge in [-0.15, -0.1) is 0 Å². The zero-order valence-electron chi connectivity index (χ0n) is 14.4. The van der Waals surface area contributed by atoms with E-state index in [9.17, 15) is 13.2 Å². The van der Waals surface area contributed by atoms with E-state index in [-0.39, 0.29) is 5.91 Å². The monoisotopic (exact) mass is 348 g/mol.